The van der Waals surface area contributed by atoms with Crippen LogP contribution >= 0.6 is 23.4 Å². The van der Waals surface area contributed by atoms with E-state index < -0.39 is 0 Å². The van der Waals surface area contributed by atoms with Crippen molar-refractivity contribution < 1.29 is 42.6 Å². The van der Waals surface area contributed by atoms with Crippen LogP contribution in [0.1, 0.15) is 287 Å². The van der Waals surface area contributed by atoms with Crippen molar-refractivity contribution >= 4 is 57.8 Å². The molecule has 0 N–H and O–H groups in total. The van der Waals surface area contributed by atoms with Crippen molar-refractivity contribution in [3.05, 3.63) is 421 Å². The zero-order valence-electron chi connectivity index (χ0n) is 87.3. The monoisotopic (exact) mass is 1950 g/mol. The summed E-state index contributed by atoms with van der Waals surface area (Å²) in [4.78, 5) is 48.5. The minimum atomic E-state index is 0.0607. The van der Waals surface area contributed by atoms with Crippen molar-refractivity contribution in [1.82, 2.24) is 10.1 Å². The lowest BCUT2D eigenvalue weighted by molar-refractivity contribution is -0.120. The number of nitrogens with zero attached hydrogens (tertiary/aromatic N) is 4. The van der Waals surface area contributed by atoms with E-state index in [2.05, 4.69) is 308 Å². The Morgan fingerprint density at radius 3 is 1.48 bits per heavy atom. The highest BCUT2D eigenvalue weighted by Crippen LogP contribution is 2.49. The standard InChI is InChI=1S/C20H21NO3.C18H18O2.C17H16O2.C16H17NS.C15H15NO.C15H20O.C15H16.C13H16ClN/c1-13(2)20-18(14-5-9-16(22-3)10-6-14)19(21-24-20)15-7-11-17(23-4)12-8-15;1-11(2)13-6-7-17-16(9-13)18(19)15-8-12(3)4-5-14(15)10-20-17;1-11(2)12-7-8-16-15(9-12)17(18)14-6-4-3-5-13(14)10-19-16;1-11(2)12-8-9-16-14(10-12)17(3)13-6-4-5-7-15(13)18-16;1-10(2)11-5-6-14-13(8-11)9-12-4-3-7-16-15(12)17-14;1-11(2)13-8-6-12(7-9-13)10-14-4-3-5-15(14)16;1-12(2)13-8-10-15(11-9-13)14-6-4-3-5-7-14;1-10(2)11-5-6-13(12(14)9-11)15-7-3-4-8-15/h5-13H,1-4H3;4-9,11H,10H2,1-3H3;3-9,11H,10H2,1-2H3;4-11H,1-3H3;3-8,10H,9H2,1-2H3;6-9,11,14H,3-5,10H2,1-2H3;3-12H,1-2H3;3-6,9-10H,7-8H2,1-2H3. The first-order valence-electron chi connectivity index (χ1n) is 50.8. The van der Waals surface area contributed by atoms with Gasteiger partial charge in [0.15, 0.2) is 11.6 Å². The summed E-state index contributed by atoms with van der Waals surface area (Å²) in [5.41, 5.74) is 29.1. The molecule has 144 heavy (non-hydrogen) atoms. The summed E-state index contributed by atoms with van der Waals surface area (Å²) in [7, 11) is 5.48. The Morgan fingerprint density at radius 2 is 0.903 bits per heavy atom. The molecule has 7 heterocycles. The minimum Gasteiger partial charge on any atom is -0.497 e. The van der Waals surface area contributed by atoms with Gasteiger partial charge in [-0.05, 0) is 250 Å². The molecule has 1 fully saturated rings. The Kier molecular flexibility index (Phi) is 36.8. The lowest BCUT2D eigenvalue weighted by Gasteiger charge is -2.30. The van der Waals surface area contributed by atoms with Gasteiger partial charge in [0, 0.05) is 94.2 Å². The van der Waals surface area contributed by atoms with Crippen molar-refractivity contribution in [2.45, 2.75) is 220 Å². The molecule has 5 aliphatic heterocycles. The number of carbonyl (C=O) groups excluding carboxylic acids is 3. The molecule has 1 aliphatic carbocycles. The molecule has 15 aromatic rings. The molecule has 0 radical (unpaired) electrons. The average molecular weight is 1960 g/mol. The number of pyridine rings is 1. The van der Waals surface area contributed by atoms with Crippen LogP contribution < -0.4 is 33.5 Å². The zero-order chi connectivity index (χ0) is 102. The topological polar surface area (TPSA) is 143 Å². The van der Waals surface area contributed by atoms with Gasteiger partial charge in [-0.2, -0.15) is 0 Å². The van der Waals surface area contributed by atoms with E-state index in [1.54, 1.807) is 20.4 Å². The van der Waals surface area contributed by atoms with Crippen LogP contribution in [0.5, 0.6) is 34.6 Å². The van der Waals surface area contributed by atoms with E-state index in [0.717, 1.165) is 146 Å². The number of rotatable bonds is 16. The van der Waals surface area contributed by atoms with Crippen LogP contribution in [0.4, 0.5) is 17.1 Å². The molecular weight excluding hydrogens is 1820 g/mol. The number of hydrogen-bond donors (Lipinski definition) is 0. The second-order valence-electron chi connectivity index (χ2n) is 40.1. The fourth-order valence-electron chi connectivity index (χ4n) is 18.0. The van der Waals surface area contributed by atoms with Gasteiger partial charge in [-0.25, -0.2) is 4.98 Å². The largest absolute Gasteiger partial charge is 0.497 e. The van der Waals surface area contributed by atoms with E-state index in [1.165, 1.54) is 76.8 Å². The molecule has 0 bridgehead atoms. The number of aromatic nitrogens is 2. The number of fused-ring (bicyclic) bond motifs is 8. The van der Waals surface area contributed by atoms with E-state index in [1.807, 2.05) is 158 Å². The summed E-state index contributed by atoms with van der Waals surface area (Å²) in [6.07, 6.45) is 11.0. The second kappa shape index (κ2) is 49.9. The van der Waals surface area contributed by atoms with Gasteiger partial charge in [0.2, 0.25) is 5.88 Å². The first kappa shape index (κ1) is 106. The number of aryl methyl sites for hydroxylation is 1. The second-order valence-corrected chi connectivity index (χ2v) is 41.6. The smallest absolute Gasteiger partial charge is 0.222 e. The van der Waals surface area contributed by atoms with Gasteiger partial charge in [-0.3, -0.25) is 14.4 Å². The summed E-state index contributed by atoms with van der Waals surface area (Å²) >= 11 is 8.15. The summed E-state index contributed by atoms with van der Waals surface area (Å²) in [5, 5.41) is 5.20. The molecule has 2 aromatic heterocycles. The number of benzene rings is 13. The Morgan fingerprint density at radius 1 is 0.417 bits per heavy atom. The van der Waals surface area contributed by atoms with Crippen LogP contribution in [0.15, 0.2) is 330 Å². The molecule has 13 nitrogen and oxygen atoms in total. The third-order valence-electron chi connectivity index (χ3n) is 27.0. The Labute approximate surface area is 863 Å². The predicted molar refractivity (Wildman–Crippen MR) is 595 cm³/mol. The molecule has 0 saturated heterocycles. The minimum absolute atomic E-state index is 0.0607. The maximum absolute atomic E-state index is 12.8. The summed E-state index contributed by atoms with van der Waals surface area (Å²) in [6.45, 7) is 39.7. The number of anilines is 3. The molecule has 1 saturated carbocycles. The highest BCUT2D eigenvalue weighted by molar-refractivity contribution is 7.99. The van der Waals surface area contributed by atoms with Gasteiger partial charge in [0.05, 0.1) is 53.0 Å². The van der Waals surface area contributed by atoms with E-state index in [4.69, 9.17) is 39.8 Å². The number of carbonyl (C=O) groups is 3. The first-order valence-corrected chi connectivity index (χ1v) is 52.0. The van der Waals surface area contributed by atoms with Crippen LogP contribution in [0.2, 0.25) is 5.02 Å². The quantitative estimate of drug-likeness (QED) is 0.0847. The lowest BCUT2D eigenvalue weighted by atomic mass is 9.94. The van der Waals surface area contributed by atoms with Gasteiger partial charge >= 0.3 is 0 Å². The maximum atomic E-state index is 12.8. The molecule has 0 spiro atoms. The number of Topliss-reactive ketones (excluding diaryl/α,β-unsaturated/α-hetero) is 1. The number of methoxy groups -OCH3 is 2. The average Bonchev–Trinajstić information content (AvgIpc) is 1.21. The highest BCUT2D eigenvalue weighted by Gasteiger charge is 2.30. The van der Waals surface area contributed by atoms with Crippen LogP contribution in [0.3, 0.4) is 0 Å². The van der Waals surface area contributed by atoms with Crippen molar-refractivity contribution in [3.63, 3.8) is 0 Å². The molecule has 1 atom stereocenters. The van der Waals surface area contributed by atoms with E-state index in [-0.39, 0.29) is 17.5 Å². The van der Waals surface area contributed by atoms with Crippen molar-refractivity contribution in [2.75, 3.05) is 44.2 Å². The van der Waals surface area contributed by atoms with E-state index in [0.29, 0.717) is 89.0 Å². The van der Waals surface area contributed by atoms with Crippen molar-refractivity contribution in [2.24, 2.45) is 5.92 Å². The number of para-hydroxylation sites is 1. The predicted octanol–water partition coefficient (Wildman–Crippen LogP) is 34.3. The van der Waals surface area contributed by atoms with Crippen LogP contribution in [-0.4, -0.2) is 61.8 Å². The Hall–Kier alpha value is -13.8. The molecule has 1 unspecified atom stereocenters. The van der Waals surface area contributed by atoms with Gasteiger partial charge < -0.3 is 38.0 Å². The zero-order valence-corrected chi connectivity index (χ0v) is 88.9. The Balaban J connectivity index is 0.000000131. The first-order chi connectivity index (χ1) is 69.4. The van der Waals surface area contributed by atoms with Crippen molar-refractivity contribution in [3.8, 4) is 68.1 Å². The van der Waals surface area contributed by atoms with E-state index >= 15 is 0 Å². The normalized spacial score (nSPS) is 13.7. The maximum Gasteiger partial charge on any atom is 0.222 e. The summed E-state index contributed by atoms with van der Waals surface area (Å²) in [5.74, 6) is 10.4. The fourth-order valence-corrected chi connectivity index (χ4v) is 19.4. The van der Waals surface area contributed by atoms with Crippen LogP contribution in [0, 0.1) is 12.8 Å². The lowest BCUT2D eigenvalue weighted by Crippen LogP contribution is -2.18. The van der Waals surface area contributed by atoms with E-state index in [9.17, 15) is 14.4 Å². The molecule has 13 aromatic carbocycles. The Bertz CT molecular complexity index is 6890. The molecule has 0 amide bonds. The summed E-state index contributed by atoms with van der Waals surface area (Å²) in [6, 6.07) is 102. The molecule has 21 rings (SSSR count). The molecule has 15 heteroatoms. The van der Waals surface area contributed by atoms with Gasteiger partial charge in [0.25, 0.3) is 0 Å². The van der Waals surface area contributed by atoms with Crippen molar-refractivity contribution in [1.29, 1.82) is 0 Å². The molecular formula is C129H139ClN4O9S. The van der Waals surface area contributed by atoms with Crippen LogP contribution in [-0.2, 0) is 30.8 Å². The number of ketones is 3. The molecule has 6 aliphatic rings. The SMILES string of the molecule is CC(C)c1ccc(-c2ccccc2)cc1.CC(C)c1ccc(CC2CCCC2=O)cc1.CC(C)c1ccc(N2CC=CC2)c(Cl)c1.CC(C)c1ccc2c(c1)C(=O)c1ccccc1CO2.CC(C)c1ccc2c(c1)Cc1cccnc1O2.CC(C)c1ccc2c(c1)N(C)c1ccccc1S2.COc1ccc(-c2noc(C(C)C)c2-c2ccc(OC)cc2)cc1.Cc1ccc2c(c1)C(=O)c1cc(C(C)C)ccc1OC2. The fraction of sp³-hybridized carbons (Fsp3) is 0.295. The van der Waals surface area contributed by atoms with Gasteiger partial charge in [-0.1, -0.05) is 339 Å². The number of halogens is 1. The van der Waals surface area contributed by atoms with Gasteiger partial charge in [-0.15, -0.1) is 0 Å². The van der Waals surface area contributed by atoms with Gasteiger partial charge in [0.1, 0.15) is 59.2 Å². The third-order valence-corrected chi connectivity index (χ3v) is 28.5. The highest BCUT2D eigenvalue weighted by atomic mass is 35.5. The number of ether oxygens (including phenoxy) is 5. The summed E-state index contributed by atoms with van der Waals surface area (Å²) < 4.78 is 33.5. The number of hydrogen-bond acceptors (Lipinski definition) is 14. The molecule has 742 valence electrons. The third kappa shape index (κ3) is 27.0. The van der Waals surface area contributed by atoms with Crippen LogP contribution in [0.25, 0.3) is 33.5 Å².